The summed E-state index contributed by atoms with van der Waals surface area (Å²) in [5.41, 5.74) is 5.28. The molecule has 0 aliphatic rings. The third-order valence-electron chi connectivity index (χ3n) is 2.16. The van der Waals surface area contributed by atoms with E-state index in [0.29, 0.717) is 0 Å². The molecule has 0 saturated heterocycles. The molecular weight excluding hydrogens is 277 g/mol. The summed E-state index contributed by atoms with van der Waals surface area (Å²) >= 11 is 1.24. The molecule has 0 saturated carbocycles. The Hall–Kier alpha value is -1.51. The molecule has 0 aliphatic heterocycles. The Morgan fingerprint density at radius 1 is 1.50 bits per heavy atom. The maximum Gasteiger partial charge on any atom is 0.262 e. The third-order valence-corrected chi connectivity index (χ3v) is 4.61. The predicted molar refractivity (Wildman–Crippen MR) is 67.2 cm³/mol. The second kappa shape index (κ2) is 5.01. The monoisotopic (exact) mass is 287 g/mol. The number of aromatic nitrogens is 1. The average Bonchev–Trinajstić information content (AvgIpc) is 2.81. The molecule has 3 N–H and O–H groups in total. The number of nitrogens with zero attached hydrogens (tertiary/aromatic N) is 1. The van der Waals surface area contributed by atoms with Gasteiger partial charge in [0.15, 0.2) is 5.82 Å². The second-order valence-electron chi connectivity index (χ2n) is 3.41. The van der Waals surface area contributed by atoms with E-state index in [1.54, 1.807) is 0 Å². The fraction of sp³-hybridized carbons (Fsp3) is 0.100. The minimum absolute atomic E-state index is 0.0733. The van der Waals surface area contributed by atoms with E-state index >= 15 is 0 Å². The van der Waals surface area contributed by atoms with Gasteiger partial charge >= 0.3 is 0 Å². The van der Waals surface area contributed by atoms with Crippen LogP contribution in [0.5, 0.6) is 0 Å². The van der Waals surface area contributed by atoms with E-state index in [0.717, 1.165) is 11.1 Å². The van der Waals surface area contributed by atoms with E-state index in [-0.39, 0.29) is 17.1 Å². The molecule has 2 aromatic heterocycles. The first kappa shape index (κ1) is 12.9. The first-order valence-corrected chi connectivity index (χ1v) is 7.29. The SMILES string of the molecule is NCc1cc(S(=O)(=O)Nc2ccncc2F)cs1. The molecule has 0 amide bonds. The normalized spacial score (nSPS) is 11.4. The lowest BCUT2D eigenvalue weighted by Crippen LogP contribution is -2.13. The molecule has 0 radical (unpaired) electrons. The Morgan fingerprint density at radius 2 is 2.28 bits per heavy atom. The van der Waals surface area contributed by atoms with Crippen LogP contribution in [0.4, 0.5) is 10.1 Å². The van der Waals surface area contributed by atoms with Gasteiger partial charge in [0.2, 0.25) is 0 Å². The summed E-state index contributed by atoms with van der Waals surface area (Å²) in [4.78, 5) is 4.36. The molecule has 5 nitrogen and oxygen atoms in total. The number of hydrogen-bond acceptors (Lipinski definition) is 5. The van der Waals surface area contributed by atoms with Gasteiger partial charge in [-0.1, -0.05) is 0 Å². The van der Waals surface area contributed by atoms with Gasteiger partial charge in [-0.25, -0.2) is 12.8 Å². The van der Waals surface area contributed by atoms with Gasteiger partial charge in [-0.15, -0.1) is 11.3 Å². The van der Waals surface area contributed by atoms with Crippen LogP contribution in [0, 0.1) is 5.82 Å². The fourth-order valence-electron chi connectivity index (χ4n) is 1.27. The largest absolute Gasteiger partial charge is 0.326 e. The van der Waals surface area contributed by atoms with Gasteiger partial charge in [-0.3, -0.25) is 9.71 Å². The molecule has 96 valence electrons. The van der Waals surface area contributed by atoms with Gasteiger partial charge in [0.25, 0.3) is 10.0 Å². The van der Waals surface area contributed by atoms with Crippen LogP contribution in [0.15, 0.2) is 34.8 Å². The second-order valence-corrected chi connectivity index (χ2v) is 6.09. The summed E-state index contributed by atoms with van der Waals surface area (Å²) in [6, 6.07) is 2.72. The summed E-state index contributed by atoms with van der Waals surface area (Å²) in [6.45, 7) is 0.268. The van der Waals surface area contributed by atoms with Gasteiger partial charge in [0.1, 0.15) is 0 Å². The fourth-order valence-corrected chi connectivity index (χ4v) is 3.49. The van der Waals surface area contributed by atoms with Gasteiger partial charge in [0.05, 0.1) is 16.8 Å². The van der Waals surface area contributed by atoms with Crippen molar-refractivity contribution in [1.29, 1.82) is 0 Å². The number of nitrogens with one attached hydrogen (secondary N) is 1. The number of pyridine rings is 1. The molecule has 0 spiro atoms. The number of hydrogen-bond donors (Lipinski definition) is 2. The van der Waals surface area contributed by atoms with Crippen LogP contribution in [0.1, 0.15) is 4.88 Å². The first-order valence-electron chi connectivity index (χ1n) is 4.93. The van der Waals surface area contributed by atoms with Crippen molar-refractivity contribution >= 4 is 27.0 Å². The van der Waals surface area contributed by atoms with Gasteiger partial charge in [0, 0.05) is 23.0 Å². The van der Waals surface area contributed by atoms with Crippen molar-refractivity contribution in [2.75, 3.05) is 4.72 Å². The van der Waals surface area contributed by atoms with E-state index in [4.69, 9.17) is 5.73 Å². The number of halogens is 1. The molecule has 2 rings (SSSR count). The number of rotatable bonds is 4. The smallest absolute Gasteiger partial charge is 0.262 e. The van der Waals surface area contributed by atoms with Crippen LogP contribution in [0.2, 0.25) is 0 Å². The van der Waals surface area contributed by atoms with E-state index < -0.39 is 15.8 Å². The lowest BCUT2D eigenvalue weighted by molar-refractivity contribution is 0.598. The standard InChI is InChI=1S/C10H10FN3O2S2/c11-9-5-13-2-1-10(9)14-18(15,16)8-3-7(4-12)17-6-8/h1-3,5-6H,4,12H2,(H,13,14). The quantitative estimate of drug-likeness (QED) is 0.893. The molecule has 0 aliphatic carbocycles. The molecule has 0 aromatic carbocycles. The van der Waals surface area contributed by atoms with Crippen molar-refractivity contribution in [3.05, 3.63) is 40.6 Å². The highest BCUT2D eigenvalue weighted by molar-refractivity contribution is 7.92. The molecule has 18 heavy (non-hydrogen) atoms. The van der Waals surface area contributed by atoms with Gasteiger partial charge in [-0.2, -0.15) is 0 Å². The minimum Gasteiger partial charge on any atom is -0.326 e. The number of thiophene rings is 1. The molecule has 0 atom stereocenters. The van der Waals surface area contributed by atoms with Crippen molar-refractivity contribution in [3.63, 3.8) is 0 Å². The van der Waals surface area contributed by atoms with Crippen molar-refractivity contribution in [2.24, 2.45) is 5.73 Å². The summed E-state index contributed by atoms with van der Waals surface area (Å²) in [7, 11) is -3.79. The Bertz CT molecular complexity index is 655. The zero-order valence-electron chi connectivity index (χ0n) is 9.13. The summed E-state index contributed by atoms with van der Waals surface area (Å²) in [5.74, 6) is -0.727. The maximum atomic E-state index is 13.3. The zero-order chi connectivity index (χ0) is 13.2. The Morgan fingerprint density at radius 3 is 2.89 bits per heavy atom. The highest BCUT2D eigenvalue weighted by atomic mass is 32.2. The lowest BCUT2D eigenvalue weighted by Gasteiger charge is -2.06. The molecule has 0 unspecified atom stereocenters. The Labute approximate surface area is 108 Å². The Balaban J connectivity index is 2.30. The highest BCUT2D eigenvalue weighted by Gasteiger charge is 2.17. The summed E-state index contributed by atoms with van der Waals surface area (Å²) in [5, 5.41) is 1.46. The van der Waals surface area contributed by atoms with Crippen LogP contribution in [0.3, 0.4) is 0 Å². The number of sulfonamides is 1. The topological polar surface area (TPSA) is 85.1 Å². The van der Waals surface area contributed by atoms with Crippen molar-refractivity contribution in [1.82, 2.24) is 4.98 Å². The van der Waals surface area contributed by atoms with Crippen LogP contribution < -0.4 is 10.5 Å². The van der Waals surface area contributed by atoms with E-state index in [2.05, 4.69) is 9.71 Å². The van der Waals surface area contributed by atoms with Crippen molar-refractivity contribution < 1.29 is 12.8 Å². The van der Waals surface area contributed by atoms with E-state index in [1.807, 2.05) is 0 Å². The van der Waals surface area contributed by atoms with Crippen molar-refractivity contribution in [3.8, 4) is 0 Å². The predicted octanol–water partition coefficient (Wildman–Crippen LogP) is 1.54. The van der Waals surface area contributed by atoms with E-state index in [9.17, 15) is 12.8 Å². The van der Waals surface area contributed by atoms with Gasteiger partial charge < -0.3 is 5.73 Å². The number of anilines is 1. The maximum absolute atomic E-state index is 13.3. The van der Waals surface area contributed by atoms with Crippen LogP contribution in [-0.2, 0) is 16.6 Å². The van der Waals surface area contributed by atoms with Crippen LogP contribution >= 0.6 is 11.3 Å². The lowest BCUT2D eigenvalue weighted by atomic mass is 10.4. The van der Waals surface area contributed by atoms with Crippen LogP contribution in [-0.4, -0.2) is 13.4 Å². The minimum atomic E-state index is -3.79. The van der Waals surface area contributed by atoms with Crippen molar-refractivity contribution in [2.45, 2.75) is 11.4 Å². The first-order chi connectivity index (χ1) is 8.53. The van der Waals surface area contributed by atoms with E-state index in [1.165, 1.54) is 35.0 Å². The summed E-state index contributed by atoms with van der Waals surface area (Å²) < 4.78 is 39.4. The average molecular weight is 287 g/mol. The molecule has 2 aromatic rings. The zero-order valence-corrected chi connectivity index (χ0v) is 10.8. The molecule has 8 heteroatoms. The Kier molecular flexibility index (Phi) is 3.60. The molecule has 2 heterocycles. The molecule has 0 fully saturated rings. The molecule has 0 bridgehead atoms. The van der Waals surface area contributed by atoms with Crippen LogP contribution in [0.25, 0.3) is 0 Å². The molecular formula is C10H10FN3O2S2. The number of nitrogens with two attached hydrogens (primary N) is 1. The third kappa shape index (κ3) is 2.66. The van der Waals surface area contributed by atoms with Gasteiger partial charge in [-0.05, 0) is 12.1 Å². The highest BCUT2D eigenvalue weighted by Crippen LogP contribution is 2.22. The summed E-state index contributed by atoms with van der Waals surface area (Å²) in [6.07, 6.45) is 2.25.